The molecule has 0 spiro atoms. The minimum Gasteiger partial charge on any atom is -0.378 e. The van der Waals surface area contributed by atoms with Gasteiger partial charge in [-0.05, 0) is 44.1 Å². The van der Waals surface area contributed by atoms with Crippen molar-refractivity contribution in [2.75, 3.05) is 13.2 Å². The molecule has 0 aromatic rings. The predicted octanol–water partition coefficient (Wildman–Crippen LogP) is 1.54. The van der Waals surface area contributed by atoms with Crippen molar-refractivity contribution >= 4 is 0 Å². The summed E-state index contributed by atoms with van der Waals surface area (Å²) in [4.78, 5) is 0. The van der Waals surface area contributed by atoms with Crippen molar-refractivity contribution in [1.82, 2.24) is 0 Å². The van der Waals surface area contributed by atoms with Crippen molar-refractivity contribution in [1.29, 1.82) is 0 Å². The van der Waals surface area contributed by atoms with Crippen molar-refractivity contribution < 1.29 is 4.74 Å². The topological polar surface area (TPSA) is 35.2 Å². The molecule has 2 heteroatoms. The van der Waals surface area contributed by atoms with Crippen LogP contribution >= 0.6 is 0 Å². The summed E-state index contributed by atoms with van der Waals surface area (Å²) in [6.45, 7) is 1.91. The molecule has 0 radical (unpaired) electrons. The maximum absolute atomic E-state index is 5.83. The van der Waals surface area contributed by atoms with Crippen molar-refractivity contribution in [3.05, 3.63) is 0 Å². The first-order chi connectivity index (χ1) is 6.37. The fraction of sp³-hybridized carbons (Fsp3) is 1.00. The normalized spacial score (nSPS) is 53.8. The zero-order chi connectivity index (χ0) is 8.89. The molecule has 0 amide bonds. The first-order valence-corrected chi connectivity index (χ1v) is 5.68. The van der Waals surface area contributed by atoms with Crippen LogP contribution in [0.2, 0.25) is 0 Å². The van der Waals surface area contributed by atoms with Gasteiger partial charge in [-0.3, -0.25) is 0 Å². The maximum Gasteiger partial charge on any atom is 0.0634 e. The monoisotopic (exact) mass is 181 g/mol. The fourth-order valence-corrected chi connectivity index (χ4v) is 3.81. The number of hydrogen-bond acceptors (Lipinski definition) is 2. The van der Waals surface area contributed by atoms with Crippen LogP contribution in [-0.4, -0.2) is 19.3 Å². The molecule has 3 fully saturated rings. The van der Waals surface area contributed by atoms with E-state index in [0.29, 0.717) is 11.5 Å². The smallest absolute Gasteiger partial charge is 0.0634 e. The molecule has 4 atom stereocenters. The lowest BCUT2D eigenvalue weighted by atomic mass is 9.77. The largest absolute Gasteiger partial charge is 0.378 e. The van der Waals surface area contributed by atoms with Crippen LogP contribution in [0.1, 0.15) is 32.1 Å². The second-order valence-electron chi connectivity index (χ2n) is 5.07. The molecule has 2 nitrogen and oxygen atoms in total. The summed E-state index contributed by atoms with van der Waals surface area (Å²) in [6, 6.07) is 0. The predicted molar refractivity (Wildman–Crippen MR) is 51.3 cm³/mol. The van der Waals surface area contributed by atoms with Crippen molar-refractivity contribution in [2.45, 2.75) is 38.2 Å². The highest BCUT2D eigenvalue weighted by atomic mass is 16.5. The minimum atomic E-state index is 0.587. The summed E-state index contributed by atoms with van der Waals surface area (Å²) < 4.78 is 5.83. The lowest BCUT2D eigenvalue weighted by Crippen LogP contribution is -2.29. The summed E-state index contributed by atoms with van der Waals surface area (Å²) in [6.07, 6.45) is 7.43. The average Bonchev–Trinajstić information content (AvgIpc) is 2.65. The maximum atomic E-state index is 5.83. The molecule has 1 unspecified atom stereocenters. The SMILES string of the molecule is NC[C@@H]1C[C@H]1C12CCC[C@H]1OCC2. The van der Waals surface area contributed by atoms with Crippen LogP contribution in [0.4, 0.5) is 0 Å². The van der Waals surface area contributed by atoms with Crippen LogP contribution in [-0.2, 0) is 4.74 Å². The second kappa shape index (κ2) is 2.71. The van der Waals surface area contributed by atoms with Gasteiger partial charge in [-0.15, -0.1) is 0 Å². The molecular weight excluding hydrogens is 162 g/mol. The van der Waals surface area contributed by atoms with Crippen LogP contribution in [0.3, 0.4) is 0 Å². The van der Waals surface area contributed by atoms with Gasteiger partial charge in [0.2, 0.25) is 0 Å². The summed E-state index contributed by atoms with van der Waals surface area (Å²) in [5.41, 5.74) is 6.32. The highest BCUT2D eigenvalue weighted by Gasteiger charge is 2.59. The third-order valence-corrected chi connectivity index (χ3v) is 4.60. The number of rotatable bonds is 2. The number of hydrogen-bond donors (Lipinski definition) is 1. The molecule has 1 saturated heterocycles. The van der Waals surface area contributed by atoms with Gasteiger partial charge in [0, 0.05) is 12.0 Å². The van der Waals surface area contributed by atoms with E-state index in [-0.39, 0.29) is 0 Å². The van der Waals surface area contributed by atoms with E-state index in [2.05, 4.69) is 0 Å². The Morgan fingerprint density at radius 1 is 1.38 bits per heavy atom. The Bertz CT molecular complexity index is 206. The Morgan fingerprint density at radius 3 is 3.08 bits per heavy atom. The van der Waals surface area contributed by atoms with E-state index in [4.69, 9.17) is 10.5 Å². The number of fused-ring (bicyclic) bond motifs is 1. The van der Waals surface area contributed by atoms with Crippen molar-refractivity contribution in [3.8, 4) is 0 Å². The van der Waals surface area contributed by atoms with Crippen LogP contribution in [0.15, 0.2) is 0 Å². The molecule has 2 N–H and O–H groups in total. The lowest BCUT2D eigenvalue weighted by molar-refractivity contribution is 0.0579. The zero-order valence-electron chi connectivity index (χ0n) is 8.17. The molecule has 0 aromatic heterocycles. The van der Waals surface area contributed by atoms with Gasteiger partial charge in [-0.2, -0.15) is 0 Å². The number of nitrogens with two attached hydrogens (primary N) is 1. The van der Waals surface area contributed by atoms with Gasteiger partial charge in [0.1, 0.15) is 0 Å². The fourth-order valence-electron chi connectivity index (χ4n) is 3.81. The van der Waals surface area contributed by atoms with Gasteiger partial charge in [-0.1, -0.05) is 6.42 Å². The van der Waals surface area contributed by atoms with E-state index in [1.54, 1.807) is 0 Å². The molecule has 13 heavy (non-hydrogen) atoms. The molecule has 2 aliphatic carbocycles. The Balaban J connectivity index is 1.79. The molecule has 3 aliphatic rings. The highest BCUT2D eigenvalue weighted by Crippen LogP contribution is 2.62. The van der Waals surface area contributed by atoms with Gasteiger partial charge in [0.15, 0.2) is 0 Å². The van der Waals surface area contributed by atoms with E-state index in [0.717, 1.165) is 25.0 Å². The van der Waals surface area contributed by atoms with Crippen LogP contribution in [0.5, 0.6) is 0 Å². The Labute approximate surface area is 79.8 Å². The highest BCUT2D eigenvalue weighted by molar-refractivity contribution is 5.08. The molecule has 1 heterocycles. The molecule has 0 bridgehead atoms. The van der Waals surface area contributed by atoms with E-state index in [1.165, 1.54) is 32.1 Å². The van der Waals surface area contributed by atoms with Crippen LogP contribution in [0, 0.1) is 17.3 Å². The van der Waals surface area contributed by atoms with Crippen LogP contribution < -0.4 is 5.73 Å². The first kappa shape index (κ1) is 8.25. The first-order valence-electron chi connectivity index (χ1n) is 5.68. The van der Waals surface area contributed by atoms with E-state index < -0.39 is 0 Å². The molecule has 2 saturated carbocycles. The molecule has 1 aliphatic heterocycles. The third kappa shape index (κ3) is 1.02. The lowest BCUT2D eigenvalue weighted by Gasteiger charge is -2.28. The Kier molecular flexibility index (Phi) is 1.72. The molecule has 3 rings (SSSR count). The summed E-state index contributed by atoms with van der Waals surface area (Å²) in [7, 11) is 0. The summed E-state index contributed by atoms with van der Waals surface area (Å²) in [5, 5.41) is 0. The quantitative estimate of drug-likeness (QED) is 0.701. The van der Waals surface area contributed by atoms with Gasteiger partial charge >= 0.3 is 0 Å². The average molecular weight is 181 g/mol. The van der Waals surface area contributed by atoms with Gasteiger partial charge < -0.3 is 10.5 Å². The summed E-state index contributed by atoms with van der Waals surface area (Å²) in [5.74, 6) is 1.76. The van der Waals surface area contributed by atoms with E-state index in [9.17, 15) is 0 Å². The van der Waals surface area contributed by atoms with Crippen LogP contribution in [0.25, 0.3) is 0 Å². The minimum absolute atomic E-state index is 0.587. The standard InChI is InChI=1S/C11H19NO/c12-7-8-6-9(8)11-3-1-2-10(11)13-5-4-11/h8-10H,1-7,12H2/t8-,9+,10+,11?/m0/s1. The van der Waals surface area contributed by atoms with Crippen molar-refractivity contribution in [3.63, 3.8) is 0 Å². The Hall–Kier alpha value is -0.0800. The number of ether oxygens (including phenoxy) is 1. The summed E-state index contributed by atoms with van der Waals surface area (Å²) >= 11 is 0. The second-order valence-corrected chi connectivity index (χ2v) is 5.07. The van der Waals surface area contributed by atoms with E-state index >= 15 is 0 Å². The van der Waals surface area contributed by atoms with Crippen molar-refractivity contribution in [2.24, 2.45) is 23.0 Å². The molecule has 74 valence electrons. The Morgan fingerprint density at radius 2 is 2.31 bits per heavy atom. The molecular formula is C11H19NO. The van der Waals surface area contributed by atoms with Gasteiger partial charge in [0.05, 0.1) is 6.10 Å². The third-order valence-electron chi connectivity index (χ3n) is 4.60. The van der Waals surface area contributed by atoms with Gasteiger partial charge in [0.25, 0.3) is 0 Å². The van der Waals surface area contributed by atoms with E-state index in [1.807, 2.05) is 0 Å². The molecule has 0 aromatic carbocycles. The zero-order valence-corrected chi connectivity index (χ0v) is 8.17. The van der Waals surface area contributed by atoms with Gasteiger partial charge in [-0.25, -0.2) is 0 Å².